The van der Waals surface area contributed by atoms with E-state index in [-0.39, 0.29) is 0 Å². The van der Waals surface area contributed by atoms with Crippen molar-refractivity contribution in [3.63, 3.8) is 0 Å². The zero-order chi connectivity index (χ0) is 14.3. The van der Waals surface area contributed by atoms with E-state index < -0.39 is 9.53 Å². The first-order valence-electron chi connectivity index (χ1n) is 7.85. The summed E-state index contributed by atoms with van der Waals surface area (Å²) in [6.45, 7) is 14.2. The highest BCUT2D eigenvalue weighted by molar-refractivity contribution is 6.36. The van der Waals surface area contributed by atoms with Crippen LogP contribution in [0.25, 0.3) is 0 Å². The van der Waals surface area contributed by atoms with Gasteiger partial charge >= 0.3 is 9.53 Å². The van der Waals surface area contributed by atoms with Crippen LogP contribution in [0.2, 0.25) is 0 Å². The predicted octanol–water partition coefficient (Wildman–Crippen LogP) is 2.70. The molecule has 0 saturated carbocycles. The molecule has 0 radical (unpaired) electrons. The van der Waals surface area contributed by atoms with Gasteiger partial charge in [0.05, 0.1) is 0 Å². The summed E-state index contributed by atoms with van der Waals surface area (Å²) < 4.78 is 15.7. The average Bonchev–Trinajstić information content (AvgIpc) is 2.34. The summed E-state index contributed by atoms with van der Waals surface area (Å²) in [7, 11) is -1.73. The van der Waals surface area contributed by atoms with Gasteiger partial charge in [-0.15, -0.1) is 0 Å². The Morgan fingerprint density at radius 2 is 1.37 bits per heavy atom. The van der Waals surface area contributed by atoms with Gasteiger partial charge < -0.3 is 18.2 Å². The first kappa shape index (κ1) is 19.1. The fraction of sp³-hybridized carbons (Fsp3) is 1.00. The number of likely N-dealkylation sites (tertiary alicyclic amines) is 1. The fourth-order valence-corrected chi connectivity index (χ4v) is 2.85. The van der Waals surface area contributed by atoms with E-state index >= 15 is 0 Å². The van der Waals surface area contributed by atoms with Crippen LogP contribution in [0.5, 0.6) is 0 Å². The van der Waals surface area contributed by atoms with Crippen LogP contribution in [0.15, 0.2) is 0 Å². The Morgan fingerprint density at radius 1 is 0.842 bits per heavy atom. The maximum atomic E-state index is 5.22. The minimum Gasteiger partial charge on any atom is -0.376 e. The van der Waals surface area contributed by atoms with E-state index in [1.807, 2.05) is 20.8 Å². The van der Waals surface area contributed by atoms with Crippen molar-refractivity contribution in [2.75, 3.05) is 39.5 Å². The molecule has 0 aromatic heterocycles. The second kappa shape index (κ2) is 14.5. The summed E-state index contributed by atoms with van der Waals surface area (Å²) in [5, 5.41) is 0. The molecule has 0 N–H and O–H groups in total. The zero-order valence-corrected chi connectivity index (χ0v) is 14.5. The van der Waals surface area contributed by atoms with Gasteiger partial charge in [-0.25, -0.2) is 0 Å². The van der Waals surface area contributed by atoms with E-state index in [4.69, 9.17) is 13.3 Å². The van der Waals surface area contributed by atoms with E-state index in [2.05, 4.69) is 11.8 Å². The molecule has 116 valence electrons. The molecule has 0 spiro atoms. The molecule has 5 heteroatoms. The number of hydrogen-bond donors (Lipinski definition) is 0. The van der Waals surface area contributed by atoms with Gasteiger partial charge in [-0.05, 0) is 53.2 Å². The molecule has 19 heavy (non-hydrogen) atoms. The van der Waals surface area contributed by atoms with Gasteiger partial charge in [0, 0.05) is 19.8 Å². The number of unbranched alkanes of at least 4 members (excludes halogenated alkanes) is 2. The van der Waals surface area contributed by atoms with E-state index in [0.717, 1.165) is 0 Å². The Kier molecular flexibility index (Phi) is 14.5. The molecule has 0 aliphatic carbocycles. The van der Waals surface area contributed by atoms with Crippen molar-refractivity contribution >= 4 is 9.53 Å². The Morgan fingerprint density at radius 3 is 1.68 bits per heavy atom. The predicted molar refractivity (Wildman–Crippen MR) is 82.6 cm³/mol. The summed E-state index contributed by atoms with van der Waals surface area (Å²) in [6.07, 6.45) is 5.62. The van der Waals surface area contributed by atoms with Crippen LogP contribution < -0.4 is 0 Å². The molecular weight excluding hydrogens is 258 g/mol. The zero-order valence-electron chi connectivity index (χ0n) is 13.3. The van der Waals surface area contributed by atoms with Crippen LogP contribution in [0, 0.1) is 0 Å². The van der Waals surface area contributed by atoms with Crippen LogP contribution in [-0.2, 0) is 13.3 Å². The van der Waals surface area contributed by atoms with Crippen LogP contribution in [0.4, 0.5) is 0 Å². The van der Waals surface area contributed by atoms with Crippen molar-refractivity contribution in [2.45, 2.75) is 53.4 Å². The van der Waals surface area contributed by atoms with Gasteiger partial charge in [0.15, 0.2) is 0 Å². The van der Waals surface area contributed by atoms with Crippen molar-refractivity contribution in [2.24, 2.45) is 0 Å². The maximum absolute atomic E-state index is 5.22. The van der Waals surface area contributed by atoms with E-state index in [9.17, 15) is 0 Å². The summed E-state index contributed by atoms with van der Waals surface area (Å²) >= 11 is 0. The van der Waals surface area contributed by atoms with Crippen molar-refractivity contribution in [1.29, 1.82) is 0 Å². The standard InChI is InChI=1S/C8H17N.C6H16O3Si/c1-2-3-4-6-9-7-5-8-9;1-4-7-10(8-5-2)9-6-3/h2-8H2,1H3;10H,4-6H2,1-3H3. The molecule has 1 heterocycles. The van der Waals surface area contributed by atoms with Gasteiger partial charge in [-0.2, -0.15) is 0 Å². The summed E-state index contributed by atoms with van der Waals surface area (Å²) in [6, 6.07) is 0. The van der Waals surface area contributed by atoms with Crippen LogP contribution in [-0.4, -0.2) is 53.9 Å². The molecule has 0 aromatic rings. The number of hydrogen-bond acceptors (Lipinski definition) is 4. The molecule has 4 nitrogen and oxygen atoms in total. The van der Waals surface area contributed by atoms with Crippen LogP contribution in [0.3, 0.4) is 0 Å². The minimum absolute atomic E-state index is 0.677. The van der Waals surface area contributed by atoms with Gasteiger partial charge in [-0.1, -0.05) is 19.8 Å². The normalized spacial score (nSPS) is 15.0. The van der Waals surface area contributed by atoms with E-state index in [1.165, 1.54) is 45.3 Å². The molecule has 1 fully saturated rings. The number of rotatable bonds is 10. The van der Waals surface area contributed by atoms with Crippen molar-refractivity contribution in [3.05, 3.63) is 0 Å². The lowest BCUT2D eigenvalue weighted by Crippen LogP contribution is -2.37. The quantitative estimate of drug-likeness (QED) is 0.457. The highest BCUT2D eigenvalue weighted by Gasteiger charge is 2.11. The molecular formula is C14H33NO3Si. The second-order valence-corrected chi connectivity index (χ2v) is 6.13. The first-order valence-corrected chi connectivity index (χ1v) is 9.26. The molecule has 0 bridgehead atoms. The van der Waals surface area contributed by atoms with Crippen molar-refractivity contribution in [1.82, 2.24) is 4.90 Å². The first-order chi connectivity index (χ1) is 9.28. The molecule has 0 aromatic carbocycles. The van der Waals surface area contributed by atoms with Crippen LogP contribution >= 0.6 is 0 Å². The Bertz CT molecular complexity index is 166. The third kappa shape index (κ3) is 11.6. The Labute approximate surface area is 121 Å². The maximum Gasteiger partial charge on any atom is 0.484 e. The number of nitrogens with zero attached hydrogens (tertiary/aromatic N) is 1. The molecule has 0 atom stereocenters. The third-order valence-electron chi connectivity index (χ3n) is 2.93. The molecule has 0 unspecified atom stereocenters. The van der Waals surface area contributed by atoms with Gasteiger partial charge in [0.2, 0.25) is 0 Å². The third-order valence-corrected chi connectivity index (χ3v) is 4.75. The molecule has 0 amide bonds. The lowest BCUT2D eigenvalue weighted by atomic mass is 10.2. The van der Waals surface area contributed by atoms with Crippen molar-refractivity contribution < 1.29 is 13.3 Å². The molecule has 1 rings (SSSR count). The van der Waals surface area contributed by atoms with E-state index in [1.54, 1.807) is 0 Å². The highest BCUT2D eigenvalue weighted by atomic mass is 28.3. The largest absolute Gasteiger partial charge is 0.484 e. The second-order valence-electron chi connectivity index (χ2n) is 4.56. The molecule has 1 aliphatic heterocycles. The van der Waals surface area contributed by atoms with Gasteiger partial charge in [0.1, 0.15) is 0 Å². The smallest absolute Gasteiger partial charge is 0.376 e. The molecule has 1 aliphatic rings. The topological polar surface area (TPSA) is 30.9 Å². The highest BCUT2D eigenvalue weighted by Crippen LogP contribution is 2.07. The van der Waals surface area contributed by atoms with Crippen LogP contribution in [0.1, 0.15) is 53.4 Å². The SMILES string of the molecule is CCCCCN1CCC1.CCO[SiH](OCC)OCC. The fourth-order valence-electron chi connectivity index (χ4n) is 1.74. The lowest BCUT2D eigenvalue weighted by Gasteiger charge is -2.30. The summed E-state index contributed by atoms with van der Waals surface area (Å²) in [5.41, 5.74) is 0. The molecule has 1 saturated heterocycles. The van der Waals surface area contributed by atoms with Gasteiger partial charge in [0.25, 0.3) is 0 Å². The minimum atomic E-state index is -1.73. The van der Waals surface area contributed by atoms with Gasteiger partial charge in [-0.3, -0.25) is 0 Å². The van der Waals surface area contributed by atoms with Crippen molar-refractivity contribution in [3.8, 4) is 0 Å². The average molecular weight is 292 g/mol. The lowest BCUT2D eigenvalue weighted by molar-refractivity contribution is 0.107. The summed E-state index contributed by atoms with van der Waals surface area (Å²) in [4.78, 5) is 2.54. The summed E-state index contributed by atoms with van der Waals surface area (Å²) in [5.74, 6) is 0. The Hall–Kier alpha value is 0.0569. The van der Waals surface area contributed by atoms with E-state index in [0.29, 0.717) is 19.8 Å². The Balaban J connectivity index is 0.000000342. The monoisotopic (exact) mass is 291 g/mol.